The van der Waals surface area contributed by atoms with Gasteiger partial charge in [-0.2, -0.15) is 0 Å². The maximum absolute atomic E-state index is 11.1. The summed E-state index contributed by atoms with van der Waals surface area (Å²) >= 11 is 0. The van der Waals surface area contributed by atoms with Gasteiger partial charge < -0.3 is 0 Å². The summed E-state index contributed by atoms with van der Waals surface area (Å²) in [4.78, 5) is 22.3. The highest BCUT2D eigenvalue weighted by molar-refractivity contribution is 5.87. The molecule has 0 unspecified atom stereocenters. The lowest BCUT2D eigenvalue weighted by Crippen LogP contribution is -2.26. The molecule has 2 nitrogen and oxygen atoms in total. The second-order valence-corrected chi connectivity index (χ2v) is 3.25. The molecule has 0 aromatic heterocycles. The predicted molar refractivity (Wildman–Crippen MR) is 48.9 cm³/mol. The van der Waals surface area contributed by atoms with Crippen molar-refractivity contribution in [3.63, 3.8) is 0 Å². The van der Waals surface area contributed by atoms with E-state index in [1.807, 2.05) is 13.8 Å². The van der Waals surface area contributed by atoms with E-state index in [0.29, 0.717) is 0 Å². The highest BCUT2D eigenvalue weighted by atomic mass is 16.1. The minimum Gasteiger partial charge on any atom is -0.300 e. The first-order valence-corrected chi connectivity index (χ1v) is 4.55. The van der Waals surface area contributed by atoms with Crippen LogP contribution in [0.3, 0.4) is 0 Å². The molecule has 0 fully saturated rings. The SMILES string of the molecule is CC[C@@H](C(C)=O)[C@@H](CC)C(C)=O. The van der Waals surface area contributed by atoms with Crippen LogP contribution in [0, 0.1) is 11.8 Å². The van der Waals surface area contributed by atoms with E-state index < -0.39 is 0 Å². The smallest absolute Gasteiger partial charge is 0.133 e. The Morgan fingerprint density at radius 1 is 0.917 bits per heavy atom. The van der Waals surface area contributed by atoms with Gasteiger partial charge in [0.05, 0.1) is 0 Å². The third-order valence-corrected chi connectivity index (χ3v) is 2.41. The van der Waals surface area contributed by atoms with Gasteiger partial charge in [-0.1, -0.05) is 13.8 Å². The highest BCUT2D eigenvalue weighted by Gasteiger charge is 2.25. The van der Waals surface area contributed by atoms with Gasteiger partial charge in [0.15, 0.2) is 0 Å². The zero-order valence-electron chi connectivity index (χ0n) is 8.39. The van der Waals surface area contributed by atoms with Gasteiger partial charge in [0.25, 0.3) is 0 Å². The number of rotatable bonds is 5. The Morgan fingerprint density at radius 2 is 1.17 bits per heavy atom. The van der Waals surface area contributed by atoms with Gasteiger partial charge in [-0.05, 0) is 26.7 Å². The van der Waals surface area contributed by atoms with Gasteiger partial charge in [0.2, 0.25) is 0 Å². The Kier molecular flexibility index (Phi) is 4.79. The molecule has 0 radical (unpaired) electrons. The van der Waals surface area contributed by atoms with Crippen molar-refractivity contribution in [2.24, 2.45) is 11.8 Å². The monoisotopic (exact) mass is 170 g/mol. The fourth-order valence-electron chi connectivity index (χ4n) is 1.71. The fraction of sp³-hybridized carbons (Fsp3) is 0.800. The second-order valence-electron chi connectivity index (χ2n) is 3.25. The molecule has 0 N–H and O–H groups in total. The Bertz CT molecular complexity index is 153. The van der Waals surface area contributed by atoms with E-state index in [1.54, 1.807) is 13.8 Å². The van der Waals surface area contributed by atoms with Crippen LogP contribution in [-0.4, -0.2) is 11.6 Å². The van der Waals surface area contributed by atoms with Crippen molar-refractivity contribution in [2.75, 3.05) is 0 Å². The van der Waals surface area contributed by atoms with Crippen LogP contribution in [0.2, 0.25) is 0 Å². The average molecular weight is 170 g/mol. The topological polar surface area (TPSA) is 34.1 Å². The molecule has 2 heteroatoms. The van der Waals surface area contributed by atoms with Gasteiger partial charge in [-0.15, -0.1) is 0 Å². The first-order chi connectivity index (χ1) is 5.54. The Balaban J connectivity index is 4.44. The van der Waals surface area contributed by atoms with E-state index in [0.717, 1.165) is 12.8 Å². The van der Waals surface area contributed by atoms with Crippen LogP contribution >= 0.6 is 0 Å². The standard InChI is InChI=1S/C10H18O2/c1-5-9(7(3)11)10(6-2)8(4)12/h9-10H,5-6H2,1-4H3/t9-,10-/m0/s1. The van der Waals surface area contributed by atoms with Gasteiger partial charge in [0.1, 0.15) is 11.6 Å². The number of carbonyl (C=O) groups is 2. The number of Topliss-reactive ketones (excluding diaryl/α,β-unsaturated/α-hetero) is 2. The zero-order chi connectivity index (χ0) is 9.72. The van der Waals surface area contributed by atoms with E-state index in [2.05, 4.69) is 0 Å². The molecule has 0 heterocycles. The van der Waals surface area contributed by atoms with Crippen LogP contribution in [-0.2, 0) is 9.59 Å². The summed E-state index contributed by atoms with van der Waals surface area (Å²) in [5.41, 5.74) is 0. The minimum absolute atomic E-state index is 0.0625. The molecule has 2 atom stereocenters. The van der Waals surface area contributed by atoms with Crippen molar-refractivity contribution in [1.82, 2.24) is 0 Å². The maximum Gasteiger partial charge on any atom is 0.133 e. The van der Waals surface area contributed by atoms with Gasteiger partial charge in [0, 0.05) is 11.8 Å². The molecule has 0 aromatic carbocycles. The summed E-state index contributed by atoms with van der Waals surface area (Å²) in [6.07, 6.45) is 1.54. The molecule has 0 aliphatic heterocycles. The lowest BCUT2D eigenvalue weighted by molar-refractivity contribution is -0.130. The minimum atomic E-state index is -0.0625. The molecule has 0 aromatic rings. The number of carbonyl (C=O) groups excluding carboxylic acids is 2. The fourth-order valence-corrected chi connectivity index (χ4v) is 1.71. The molecular formula is C10H18O2. The molecule has 0 aliphatic carbocycles. The first kappa shape index (κ1) is 11.3. The van der Waals surface area contributed by atoms with E-state index in [1.165, 1.54) is 0 Å². The molecule has 0 rings (SSSR count). The number of hydrogen-bond donors (Lipinski definition) is 0. The summed E-state index contributed by atoms with van der Waals surface area (Å²) in [5.74, 6) is 0.152. The van der Waals surface area contributed by atoms with Crippen molar-refractivity contribution in [3.8, 4) is 0 Å². The van der Waals surface area contributed by atoms with Crippen LogP contribution in [0.1, 0.15) is 40.5 Å². The summed E-state index contributed by atoms with van der Waals surface area (Å²) in [7, 11) is 0. The van der Waals surface area contributed by atoms with Crippen molar-refractivity contribution in [1.29, 1.82) is 0 Å². The lowest BCUT2D eigenvalue weighted by atomic mass is 9.83. The first-order valence-electron chi connectivity index (χ1n) is 4.55. The normalized spacial score (nSPS) is 15.3. The van der Waals surface area contributed by atoms with Gasteiger partial charge in [-0.3, -0.25) is 9.59 Å². The quantitative estimate of drug-likeness (QED) is 0.634. The Labute approximate surface area is 74.3 Å². The zero-order valence-corrected chi connectivity index (χ0v) is 8.39. The molecule has 0 spiro atoms. The van der Waals surface area contributed by atoms with Crippen LogP contribution in [0.4, 0.5) is 0 Å². The largest absolute Gasteiger partial charge is 0.300 e. The van der Waals surface area contributed by atoms with Crippen LogP contribution in [0.25, 0.3) is 0 Å². The molecule has 0 bridgehead atoms. The van der Waals surface area contributed by atoms with Crippen molar-refractivity contribution in [3.05, 3.63) is 0 Å². The molecule has 0 saturated heterocycles. The van der Waals surface area contributed by atoms with Crippen molar-refractivity contribution >= 4 is 11.6 Å². The summed E-state index contributed by atoms with van der Waals surface area (Å²) in [6, 6.07) is 0. The molecule has 70 valence electrons. The van der Waals surface area contributed by atoms with Gasteiger partial charge in [-0.25, -0.2) is 0 Å². The van der Waals surface area contributed by atoms with E-state index in [4.69, 9.17) is 0 Å². The lowest BCUT2D eigenvalue weighted by Gasteiger charge is -2.19. The molecule has 12 heavy (non-hydrogen) atoms. The summed E-state index contributed by atoms with van der Waals surface area (Å²) < 4.78 is 0. The number of hydrogen-bond acceptors (Lipinski definition) is 2. The van der Waals surface area contributed by atoms with E-state index in [-0.39, 0.29) is 23.4 Å². The maximum atomic E-state index is 11.1. The molecule has 0 aliphatic rings. The van der Waals surface area contributed by atoms with E-state index >= 15 is 0 Å². The Morgan fingerprint density at radius 3 is 1.25 bits per heavy atom. The summed E-state index contributed by atoms with van der Waals surface area (Å²) in [5, 5.41) is 0. The van der Waals surface area contributed by atoms with E-state index in [9.17, 15) is 9.59 Å². The predicted octanol–water partition coefficient (Wildman–Crippen LogP) is 2.22. The van der Waals surface area contributed by atoms with Crippen molar-refractivity contribution in [2.45, 2.75) is 40.5 Å². The third-order valence-electron chi connectivity index (χ3n) is 2.41. The average Bonchev–Trinajstić information content (AvgIpc) is 1.98. The second kappa shape index (κ2) is 5.07. The Hall–Kier alpha value is -0.660. The number of ketones is 2. The van der Waals surface area contributed by atoms with Crippen molar-refractivity contribution < 1.29 is 9.59 Å². The van der Waals surface area contributed by atoms with Crippen LogP contribution in [0.15, 0.2) is 0 Å². The van der Waals surface area contributed by atoms with Gasteiger partial charge >= 0.3 is 0 Å². The third kappa shape index (κ3) is 2.76. The molecular weight excluding hydrogens is 152 g/mol. The highest BCUT2D eigenvalue weighted by Crippen LogP contribution is 2.21. The molecule has 0 saturated carbocycles. The summed E-state index contributed by atoms with van der Waals surface area (Å²) in [6.45, 7) is 7.05. The molecule has 0 amide bonds. The van der Waals surface area contributed by atoms with Crippen LogP contribution < -0.4 is 0 Å². The van der Waals surface area contributed by atoms with Crippen LogP contribution in [0.5, 0.6) is 0 Å².